The van der Waals surface area contributed by atoms with E-state index in [2.05, 4.69) is 0 Å². The van der Waals surface area contributed by atoms with E-state index in [9.17, 15) is 14.7 Å². The van der Waals surface area contributed by atoms with Crippen LogP contribution < -0.4 is 0 Å². The molecule has 1 aliphatic heterocycles. The van der Waals surface area contributed by atoms with E-state index in [-0.39, 0.29) is 29.1 Å². The molecule has 5 heteroatoms. The smallest absolute Gasteiger partial charge is 0.310 e. The molecule has 5 nitrogen and oxygen atoms in total. The predicted molar refractivity (Wildman–Crippen MR) is 73.5 cm³/mol. The lowest BCUT2D eigenvalue weighted by molar-refractivity contribution is -0.146. The quantitative estimate of drug-likeness (QED) is 0.836. The van der Waals surface area contributed by atoms with Crippen molar-refractivity contribution < 1.29 is 19.4 Å². The van der Waals surface area contributed by atoms with Gasteiger partial charge in [0.2, 0.25) is 0 Å². The maximum atomic E-state index is 12.4. The number of hydrogen-bond donors (Lipinski definition) is 1. The maximum Gasteiger partial charge on any atom is 0.310 e. The minimum Gasteiger partial charge on any atom is -0.507 e. The Morgan fingerprint density at radius 2 is 2.15 bits per heavy atom. The molecule has 1 aromatic rings. The Bertz CT molecular complexity index is 527. The maximum absolute atomic E-state index is 12.4. The predicted octanol–water partition coefficient (Wildman–Crippen LogP) is 1.73. The van der Waals surface area contributed by atoms with Gasteiger partial charge in [0.25, 0.3) is 5.91 Å². The number of phenols is 1. The number of carbonyl (C=O) groups is 2. The molecule has 0 saturated carbocycles. The Hall–Kier alpha value is -2.04. The summed E-state index contributed by atoms with van der Waals surface area (Å²) in [6.45, 7) is 2.81. The van der Waals surface area contributed by atoms with Crippen LogP contribution in [0.2, 0.25) is 0 Å². The summed E-state index contributed by atoms with van der Waals surface area (Å²) in [7, 11) is 1.36. The first-order valence-electron chi connectivity index (χ1n) is 6.69. The molecule has 1 aliphatic rings. The van der Waals surface area contributed by atoms with Crippen LogP contribution >= 0.6 is 0 Å². The zero-order valence-corrected chi connectivity index (χ0v) is 11.8. The van der Waals surface area contributed by atoms with E-state index in [0.717, 1.165) is 18.4 Å². The third-order valence-corrected chi connectivity index (χ3v) is 3.63. The van der Waals surface area contributed by atoms with Crippen LogP contribution in [-0.2, 0) is 9.53 Å². The number of benzene rings is 1. The molecule has 1 unspecified atom stereocenters. The van der Waals surface area contributed by atoms with Crippen LogP contribution in [-0.4, -0.2) is 42.1 Å². The lowest BCUT2D eigenvalue weighted by Gasteiger charge is -2.31. The van der Waals surface area contributed by atoms with Gasteiger partial charge in [-0.2, -0.15) is 0 Å². The van der Waals surface area contributed by atoms with Crippen molar-refractivity contribution in [2.45, 2.75) is 19.8 Å². The highest BCUT2D eigenvalue weighted by atomic mass is 16.5. The van der Waals surface area contributed by atoms with Crippen molar-refractivity contribution in [3.05, 3.63) is 29.3 Å². The standard InChI is InChI=1S/C15H19NO4/c1-10-5-6-13(17)12(8-10)14(18)16-7-3-4-11(9-16)15(19)20-2/h5-6,8,11,17H,3-4,7,9H2,1-2H3. The van der Waals surface area contributed by atoms with E-state index in [0.29, 0.717) is 13.1 Å². The number of hydrogen-bond acceptors (Lipinski definition) is 4. The Morgan fingerprint density at radius 1 is 1.40 bits per heavy atom. The minimum atomic E-state index is -0.282. The summed E-state index contributed by atoms with van der Waals surface area (Å²) >= 11 is 0. The Kier molecular flexibility index (Phi) is 4.27. The van der Waals surface area contributed by atoms with Gasteiger partial charge >= 0.3 is 5.97 Å². The van der Waals surface area contributed by atoms with E-state index in [4.69, 9.17) is 4.74 Å². The molecule has 1 fully saturated rings. The highest BCUT2D eigenvalue weighted by molar-refractivity contribution is 5.97. The third-order valence-electron chi connectivity index (χ3n) is 3.63. The average Bonchev–Trinajstić information content (AvgIpc) is 2.48. The van der Waals surface area contributed by atoms with Gasteiger partial charge in [0.1, 0.15) is 5.75 Å². The molecular weight excluding hydrogens is 258 g/mol. The number of aromatic hydroxyl groups is 1. The second kappa shape index (κ2) is 5.94. The van der Waals surface area contributed by atoms with Gasteiger partial charge in [-0.15, -0.1) is 0 Å². The topological polar surface area (TPSA) is 66.8 Å². The molecule has 0 aliphatic carbocycles. The second-order valence-corrected chi connectivity index (χ2v) is 5.13. The van der Waals surface area contributed by atoms with Crippen molar-refractivity contribution in [3.63, 3.8) is 0 Å². The molecule has 1 amide bonds. The van der Waals surface area contributed by atoms with E-state index in [1.54, 1.807) is 17.0 Å². The SMILES string of the molecule is COC(=O)C1CCCN(C(=O)c2cc(C)ccc2O)C1. The summed E-state index contributed by atoms with van der Waals surface area (Å²) in [6, 6.07) is 4.93. The summed E-state index contributed by atoms with van der Waals surface area (Å²) < 4.78 is 4.74. The fraction of sp³-hybridized carbons (Fsp3) is 0.467. The van der Waals surface area contributed by atoms with E-state index < -0.39 is 0 Å². The van der Waals surface area contributed by atoms with E-state index in [1.165, 1.54) is 13.2 Å². The van der Waals surface area contributed by atoms with Crippen molar-refractivity contribution in [2.24, 2.45) is 5.92 Å². The number of piperidine rings is 1. The zero-order valence-electron chi connectivity index (χ0n) is 11.8. The Labute approximate surface area is 118 Å². The van der Waals surface area contributed by atoms with Crippen LogP contribution in [0.5, 0.6) is 5.75 Å². The van der Waals surface area contributed by atoms with Gasteiger partial charge in [-0.05, 0) is 31.9 Å². The molecule has 1 heterocycles. The molecule has 0 radical (unpaired) electrons. The highest BCUT2D eigenvalue weighted by Crippen LogP contribution is 2.24. The third kappa shape index (κ3) is 2.92. The van der Waals surface area contributed by atoms with E-state index in [1.807, 2.05) is 6.92 Å². The number of ether oxygens (including phenoxy) is 1. The zero-order chi connectivity index (χ0) is 14.7. The van der Waals surface area contributed by atoms with Gasteiger partial charge in [-0.25, -0.2) is 0 Å². The van der Waals surface area contributed by atoms with Crippen molar-refractivity contribution in [1.82, 2.24) is 4.90 Å². The number of rotatable bonds is 2. The molecule has 1 atom stereocenters. The van der Waals surface area contributed by atoms with Gasteiger partial charge in [-0.1, -0.05) is 11.6 Å². The lowest BCUT2D eigenvalue weighted by Crippen LogP contribution is -2.42. The number of aryl methyl sites for hydroxylation is 1. The summed E-state index contributed by atoms with van der Waals surface area (Å²) in [4.78, 5) is 25.6. The molecule has 1 N–H and O–H groups in total. The lowest BCUT2D eigenvalue weighted by atomic mass is 9.97. The average molecular weight is 277 g/mol. The molecule has 1 saturated heterocycles. The fourth-order valence-corrected chi connectivity index (χ4v) is 2.51. The number of phenolic OH excluding ortho intramolecular Hbond substituents is 1. The normalized spacial score (nSPS) is 18.7. The second-order valence-electron chi connectivity index (χ2n) is 5.13. The van der Waals surface area contributed by atoms with Gasteiger partial charge < -0.3 is 14.7 Å². The molecule has 0 spiro atoms. The van der Waals surface area contributed by atoms with Crippen molar-refractivity contribution >= 4 is 11.9 Å². The van der Waals surface area contributed by atoms with Gasteiger partial charge in [-0.3, -0.25) is 9.59 Å². The minimum absolute atomic E-state index is 0.0270. The van der Waals surface area contributed by atoms with Crippen molar-refractivity contribution in [3.8, 4) is 5.75 Å². The fourth-order valence-electron chi connectivity index (χ4n) is 2.51. The number of amides is 1. The first-order chi connectivity index (χ1) is 9.52. The van der Waals surface area contributed by atoms with Crippen LogP contribution in [0.15, 0.2) is 18.2 Å². The first kappa shape index (κ1) is 14.4. The number of methoxy groups -OCH3 is 1. The molecule has 2 rings (SSSR count). The van der Waals surface area contributed by atoms with Crippen LogP contribution in [0.25, 0.3) is 0 Å². The molecule has 108 valence electrons. The number of nitrogens with zero attached hydrogens (tertiary/aromatic N) is 1. The summed E-state index contributed by atoms with van der Waals surface area (Å²) in [5, 5.41) is 9.82. The summed E-state index contributed by atoms with van der Waals surface area (Å²) in [5.74, 6) is -0.818. The van der Waals surface area contributed by atoms with Gasteiger partial charge in [0, 0.05) is 13.1 Å². The molecule has 20 heavy (non-hydrogen) atoms. The molecule has 0 aromatic heterocycles. The number of carbonyl (C=O) groups excluding carboxylic acids is 2. The van der Waals surface area contributed by atoms with Gasteiger partial charge in [0.15, 0.2) is 0 Å². The number of esters is 1. The highest BCUT2D eigenvalue weighted by Gasteiger charge is 2.30. The van der Waals surface area contributed by atoms with Crippen LogP contribution in [0.4, 0.5) is 0 Å². The van der Waals surface area contributed by atoms with E-state index >= 15 is 0 Å². The largest absolute Gasteiger partial charge is 0.507 e. The summed E-state index contributed by atoms with van der Waals surface area (Å²) in [6.07, 6.45) is 1.49. The van der Waals surface area contributed by atoms with Crippen molar-refractivity contribution in [2.75, 3.05) is 20.2 Å². The van der Waals surface area contributed by atoms with Crippen LogP contribution in [0.1, 0.15) is 28.8 Å². The molecule has 1 aromatic carbocycles. The molecular formula is C15H19NO4. The van der Waals surface area contributed by atoms with Crippen LogP contribution in [0.3, 0.4) is 0 Å². The first-order valence-corrected chi connectivity index (χ1v) is 6.69. The monoisotopic (exact) mass is 277 g/mol. The van der Waals surface area contributed by atoms with Crippen molar-refractivity contribution in [1.29, 1.82) is 0 Å². The summed E-state index contributed by atoms with van der Waals surface area (Å²) in [5.41, 5.74) is 1.20. The Balaban J connectivity index is 2.16. The number of likely N-dealkylation sites (tertiary alicyclic amines) is 1. The van der Waals surface area contributed by atoms with Crippen LogP contribution in [0, 0.1) is 12.8 Å². The Morgan fingerprint density at radius 3 is 2.85 bits per heavy atom. The molecule has 0 bridgehead atoms. The van der Waals surface area contributed by atoms with Gasteiger partial charge in [0.05, 0.1) is 18.6 Å².